The SMILES string of the molecule is CCCCC[C@@H]1Cc2cc(O)c(CC(C)C)cc2-c2c(OC)cc3c(c21)C[C@@H](O)[C@H](c1ccc(O)c(O[C@H]2[C@H]4[C@@H](CO)CC[C@H]2C=C[C@H]4CN=C(N)N)c1)O3. The predicted octanol–water partition coefficient (Wildman–Crippen LogP) is 7.07. The Morgan fingerprint density at radius 3 is 2.55 bits per heavy atom. The zero-order valence-electron chi connectivity index (χ0n) is 32.7. The number of hydrogen-bond donors (Lipinski definition) is 6. The second-order valence-corrected chi connectivity index (χ2v) is 16.7. The molecule has 296 valence electrons. The van der Waals surface area contributed by atoms with E-state index in [1.807, 2.05) is 12.1 Å². The molecule has 0 amide bonds. The summed E-state index contributed by atoms with van der Waals surface area (Å²) in [4.78, 5) is 4.29. The average molecular weight is 754 g/mol. The van der Waals surface area contributed by atoms with Crippen molar-refractivity contribution in [2.75, 3.05) is 20.3 Å². The van der Waals surface area contributed by atoms with E-state index in [1.54, 1.807) is 25.3 Å². The fourth-order valence-corrected chi connectivity index (χ4v) is 9.91. The van der Waals surface area contributed by atoms with Crippen molar-refractivity contribution in [1.29, 1.82) is 0 Å². The maximum atomic E-state index is 11.9. The fraction of sp³-hybridized carbons (Fsp3) is 0.533. The van der Waals surface area contributed by atoms with Crippen LogP contribution in [0, 0.1) is 29.6 Å². The predicted molar refractivity (Wildman–Crippen MR) is 215 cm³/mol. The largest absolute Gasteiger partial charge is 0.508 e. The number of ether oxygens (including phenoxy) is 3. The lowest BCUT2D eigenvalue weighted by Crippen LogP contribution is -2.49. The minimum atomic E-state index is -0.865. The summed E-state index contributed by atoms with van der Waals surface area (Å²) in [7, 11) is 1.69. The Hall–Kier alpha value is -4.41. The smallest absolute Gasteiger partial charge is 0.185 e. The van der Waals surface area contributed by atoms with Gasteiger partial charge in [-0.15, -0.1) is 0 Å². The van der Waals surface area contributed by atoms with Gasteiger partial charge in [0.15, 0.2) is 17.5 Å². The molecule has 8 atom stereocenters. The van der Waals surface area contributed by atoms with Gasteiger partial charge in [-0.3, -0.25) is 4.99 Å². The molecule has 3 aliphatic carbocycles. The van der Waals surface area contributed by atoms with E-state index >= 15 is 0 Å². The summed E-state index contributed by atoms with van der Waals surface area (Å²) < 4.78 is 19.6. The van der Waals surface area contributed by atoms with Crippen LogP contribution >= 0.6 is 0 Å². The van der Waals surface area contributed by atoms with Crippen LogP contribution < -0.4 is 25.7 Å². The Labute approximate surface area is 325 Å². The average Bonchev–Trinajstić information content (AvgIpc) is 3.15. The van der Waals surface area contributed by atoms with Crippen LogP contribution in [-0.2, 0) is 19.3 Å². The Balaban J connectivity index is 1.23. The van der Waals surface area contributed by atoms with Crippen molar-refractivity contribution >= 4 is 5.96 Å². The number of fused-ring (bicyclic) bond motifs is 7. The van der Waals surface area contributed by atoms with Gasteiger partial charge in [-0.1, -0.05) is 58.3 Å². The van der Waals surface area contributed by atoms with E-state index in [9.17, 15) is 20.4 Å². The van der Waals surface area contributed by atoms with Gasteiger partial charge in [0.25, 0.3) is 0 Å². The maximum Gasteiger partial charge on any atom is 0.185 e. The summed E-state index contributed by atoms with van der Waals surface area (Å²) in [5.74, 6) is 2.66. The molecule has 3 aromatic rings. The number of guanidine groups is 1. The zero-order valence-corrected chi connectivity index (χ0v) is 32.7. The first-order chi connectivity index (χ1) is 26.5. The quantitative estimate of drug-likeness (QED) is 0.0462. The van der Waals surface area contributed by atoms with Crippen molar-refractivity contribution in [2.24, 2.45) is 46.0 Å². The van der Waals surface area contributed by atoms with Gasteiger partial charge in [0.2, 0.25) is 0 Å². The molecule has 0 saturated heterocycles. The molecule has 55 heavy (non-hydrogen) atoms. The van der Waals surface area contributed by atoms with E-state index < -0.39 is 12.2 Å². The van der Waals surface area contributed by atoms with Crippen molar-refractivity contribution in [1.82, 2.24) is 0 Å². The summed E-state index contributed by atoms with van der Waals surface area (Å²) in [6, 6.07) is 11.2. The van der Waals surface area contributed by atoms with Crippen LogP contribution in [-0.4, -0.2) is 58.9 Å². The van der Waals surface area contributed by atoms with Crippen molar-refractivity contribution in [3.05, 3.63) is 76.4 Å². The van der Waals surface area contributed by atoms with Crippen molar-refractivity contribution in [3.8, 4) is 39.9 Å². The number of rotatable bonds is 13. The van der Waals surface area contributed by atoms with E-state index in [-0.39, 0.29) is 54.0 Å². The van der Waals surface area contributed by atoms with E-state index in [1.165, 1.54) is 5.56 Å². The van der Waals surface area contributed by atoms with Gasteiger partial charge in [0, 0.05) is 54.5 Å². The zero-order chi connectivity index (χ0) is 39.0. The van der Waals surface area contributed by atoms with Gasteiger partial charge >= 0.3 is 0 Å². The Bertz CT molecular complexity index is 1920. The number of hydrogen-bond acceptors (Lipinski definition) is 8. The van der Waals surface area contributed by atoms with Crippen LogP contribution in [0.5, 0.6) is 28.7 Å². The minimum Gasteiger partial charge on any atom is -0.508 e. The molecule has 1 heterocycles. The number of phenolic OH excluding ortho intramolecular Hbond substituents is 2. The normalized spacial score (nSPS) is 26.4. The number of methoxy groups -OCH3 is 1. The number of unbranched alkanes of at least 4 members (excludes halogenated alkanes) is 2. The summed E-state index contributed by atoms with van der Waals surface area (Å²) in [6.45, 7) is 6.94. The number of nitrogens with zero attached hydrogens (tertiary/aromatic N) is 1. The lowest BCUT2D eigenvalue weighted by molar-refractivity contribution is -0.0260. The first kappa shape index (κ1) is 38.8. The molecule has 1 saturated carbocycles. The van der Waals surface area contributed by atoms with Crippen molar-refractivity contribution in [2.45, 2.75) is 103 Å². The minimum absolute atomic E-state index is 0.00174. The van der Waals surface area contributed by atoms with Gasteiger partial charge in [-0.25, -0.2) is 0 Å². The third kappa shape index (κ3) is 7.72. The molecule has 1 fully saturated rings. The van der Waals surface area contributed by atoms with Crippen LogP contribution in [0.2, 0.25) is 0 Å². The molecule has 0 radical (unpaired) electrons. The molecule has 8 N–H and O–H groups in total. The highest BCUT2D eigenvalue weighted by Gasteiger charge is 2.46. The van der Waals surface area contributed by atoms with Gasteiger partial charge < -0.3 is 46.1 Å². The number of phenols is 2. The van der Waals surface area contributed by atoms with Gasteiger partial charge in [-0.05, 0) is 102 Å². The Morgan fingerprint density at radius 2 is 1.82 bits per heavy atom. The Kier molecular flexibility index (Phi) is 11.6. The highest BCUT2D eigenvalue weighted by atomic mass is 16.5. The van der Waals surface area contributed by atoms with E-state index in [2.05, 4.69) is 44.0 Å². The first-order valence-electron chi connectivity index (χ1n) is 20.3. The van der Waals surface area contributed by atoms with Crippen LogP contribution in [0.4, 0.5) is 0 Å². The number of nitrogens with two attached hydrogens (primary N) is 2. The number of aliphatic imine (C=N–C) groups is 1. The molecule has 10 heteroatoms. The molecule has 2 bridgehead atoms. The molecular weight excluding hydrogens is 695 g/mol. The summed E-state index contributed by atoms with van der Waals surface area (Å²) in [5.41, 5.74) is 18.4. The van der Waals surface area contributed by atoms with Crippen LogP contribution in [0.3, 0.4) is 0 Å². The highest BCUT2D eigenvalue weighted by Crippen LogP contribution is 2.54. The van der Waals surface area contributed by atoms with E-state index in [0.717, 1.165) is 79.2 Å². The highest BCUT2D eigenvalue weighted by molar-refractivity contribution is 5.83. The summed E-state index contributed by atoms with van der Waals surface area (Å²) >= 11 is 0. The lowest BCUT2D eigenvalue weighted by atomic mass is 9.63. The summed E-state index contributed by atoms with van der Waals surface area (Å²) in [6.07, 6.45) is 10.4. The van der Waals surface area contributed by atoms with Crippen LogP contribution in [0.25, 0.3) is 11.1 Å². The molecule has 0 spiro atoms. The van der Waals surface area contributed by atoms with Gasteiger partial charge in [-0.2, -0.15) is 0 Å². The van der Waals surface area contributed by atoms with Crippen LogP contribution in [0.1, 0.15) is 99.1 Å². The first-order valence-corrected chi connectivity index (χ1v) is 20.3. The molecule has 3 aromatic carbocycles. The third-order valence-corrected chi connectivity index (χ3v) is 12.5. The number of aromatic hydroxyl groups is 2. The third-order valence-electron chi connectivity index (χ3n) is 12.5. The van der Waals surface area contributed by atoms with Gasteiger partial charge in [0.05, 0.1) is 13.2 Å². The molecular formula is C45H59N3O7. The molecule has 4 aliphatic rings. The number of aliphatic hydroxyl groups is 2. The molecule has 1 aliphatic heterocycles. The van der Waals surface area contributed by atoms with E-state index in [4.69, 9.17) is 25.7 Å². The molecule has 0 aromatic heterocycles. The monoisotopic (exact) mass is 753 g/mol. The number of benzene rings is 3. The summed E-state index contributed by atoms with van der Waals surface area (Å²) in [5, 5.41) is 44.5. The lowest BCUT2D eigenvalue weighted by Gasteiger charge is -2.47. The standard InChI is InChI=1S/C45H59N3O7/c1-5-6-7-8-26-16-30-18-35(51)31(15-24(2)3)17-32(30)42-39(53-4)21-37-33(41(26)42)20-36(52)43(54-37)27-13-14-34(50)38(19-27)55-44-25-9-11-28(22-48-45(46)47)40(44)29(23-49)12-10-25/h9,11,13-14,17-19,21,24-26,28-29,36,40,43-44,49-52H,5-8,10,12,15-16,20,22-23H2,1-4H3,(H4,46,47,48)/t25-,26-,28+,29-,36-,40-,43+,44-/m1/s1. The molecule has 0 unspecified atom stereocenters. The number of aliphatic hydroxyl groups excluding tert-OH is 2. The Morgan fingerprint density at radius 1 is 1.00 bits per heavy atom. The molecule has 7 rings (SSSR count). The fourth-order valence-electron chi connectivity index (χ4n) is 9.91. The van der Waals surface area contributed by atoms with Gasteiger partial charge in [0.1, 0.15) is 29.5 Å². The maximum absolute atomic E-state index is 11.9. The van der Waals surface area contributed by atoms with Crippen molar-refractivity contribution < 1.29 is 34.6 Å². The second kappa shape index (κ2) is 16.4. The van der Waals surface area contributed by atoms with Crippen LogP contribution in [0.15, 0.2) is 53.5 Å². The van der Waals surface area contributed by atoms with Crippen molar-refractivity contribution in [3.63, 3.8) is 0 Å². The topological polar surface area (TPSA) is 173 Å². The second-order valence-electron chi connectivity index (χ2n) is 16.7. The van der Waals surface area contributed by atoms with E-state index in [0.29, 0.717) is 47.4 Å². The molecule has 10 nitrogen and oxygen atoms in total.